The molecule has 1 fully saturated rings. The third kappa shape index (κ3) is 5.07. The molecule has 0 radical (unpaired) electrons. The summed E-state index contributed by atoms with van der Waals surface area (Å²) in [4.78, 5) is 33.3. The number of esters is 1. The lowest BCUT2D eigenvalue weighted by Gasteiger charge is -2.48. The van der Waals surface area contributed by atoms with Gasteiger partial charge in [-0.3, -0.25) is 4.90 Å². The molecule has 35 heavy (non-hydrogen) atoms. The number of fused-ring (bicyclic) bond motifs is 1. The molecule has 0 spiro atoms. The summed E-state index contributed by atoms with van der Waals surface area (Å²) in [5, 5.41) is 20.1. The third-order valence-corrected chi connectivity index (χ3v) is 6.87. The van der Waals surface area contributed by atoms with Gasteiger partial charge < -0.3 is 24.2 Å². The SMILES string of the molecule is CCC1(C(=O)OCCOC)CN(c2nc(C(C)C)c3c(c2C#N)CC(C)(C)OC3)CCN1C(=O)O. The van der Waals surface area contributed by atoms with E-state index in [-0.39, 0.29) is 38.6 Å². The standard InChI is InChI=1S/C25H36N4O6/c1-7-25(22(30)34-11-10-33-6)15-28(8-9-29(25)23(31)32)21-18(13-26)17-12-24(4,5)35-14-19(17)20(27-21)16(2)3/h16H,7-12,14-15H2,1-6H3,(H,31,32). The molecular weight excluding hydrogens is 452 g/mol. The molecule has 1 amide bonds. The second-order valence-electron chi connectivity index (χ2n) is 10.0. The van der Waals surface area contributed by atoms with E-state index in [0.29, 0.717) is 31.0 Å². The van der Waals surface area contributed by atoms with Crippen molar-refractivity contribution >= 4 is 17.9 Å². The first-order valence-electron chi connectivity index (χ1n) is 12.0. The Morgan fingerprint density at radius 3 is 2.54 bits per heavy atom. The number of anilines is 1. The van der Waals surface area contributed by atoms with Crippen LogP contribution in [0.5, 0.6) is 0 Å². The topological polar surface area (TPSA) is 125 Å². The number of hydrogen-bond donors (Lipinski definition) is 1. The molecule has 2 aliphatic rings. The lowest BCUT2D eigenvalue weighted by Crippen LogP contribution is -2.68. The van der Waals surface area contributed by atoms with Crippen LogP contribution in [0.4, 0.5) is 10.6 Å². The number of carboxylic acid groups (broad SMARTS) is 1. The van der Waals surface area contributed by atoms with Crippen molar-refractivity contribution in [2.45, 2.75) is 71.1 Å². The minimum atomic E-state index is -1.43. The summed E-state index contributed by atoms with van der Waals surface area (Å²) in [5.41, 5.74) is 1.33. The summed E-state index contributed by atoms with van der Waals surface area (Å²) in [6.07, 6.45) is -0.407. The molecule has 10 nitrogen and oxygen atoms in total. The zero-order valence-electron chi connectivity index (χ0n) is 21.5. The normalized spacial score (nSPS) is 21.4. The summed E-state index contributed by atoms with van der Waals surface area (Å²) in [7, 11) is 1.50. The number of ether oxygens (including phenoxy) is 3. The molecular formula is C25H36N4O6. The fraction of sp³-hybridized carbons (Fsp3) is 0.680. The first kappa shape index (κ1) is 26.7. The smallest absolute Gasteiger partial charge is 0.408 e. The largest absolute Gasteiger partial charge is 0.465 e. The molecule has 1 saturated heterocycles. The van der Waals surface area contributed by atoms with E-state index in [1.807, 2.05) is 32.6 Å². The van der Waals surface area contributed by atoms with Crippen LogP contribution in [-0.4, -0.2) is 78.2 Å². The fourth-order valence-electron chi connectivity index (χ4n) is 4.95. The molecule has 1 unspecified atom stereocenters. The Labute approximate surface area is 206 Å². The van der Waals surface area contributed by atoms with Gasteiger partial charge in [-0.15, -0.1) is 0 Å². The van der Waals surface area contributed by atoms with Crippen LogP contribution in [-0.2, 0) is 32.0 Å². The van der Waals surface area contributed by atoms with Crippen molar-refractivity contribution in [3.8, 4) is 6.07 Å². The maximum atomic E-state index is 13.3. The van der Waals surface area contributed by atoms with Crippen LogP contribution in [0, 0.1) is 11.3 Å². The number of hydrogen-bond acceptors (Lipinski definition) is 8. The van der Waals surface area contributed by atoms with Crippen LogP contribution in [0.25, 0.3) is 0 Å². The van der Waals surface area contributed by atoms with Crippen molar-refractivity contribution in [1.29, 1.82) is 5.26 Å². The molecule has 1 atom stereocenters. The molecule has 2 aliphatic heterocycles. The number of rotatable bonds is 7. The Morgan fingerprint density at radius 2 is 1.97 bits per heavy atom. The van der Waals surface area contributed by atoms with E-state index in [0.717, 1.165) is 21.7 Å². The van der Waals surface area contributed by atoms with E-state index in [1.54, 1.807) is 6.92 Å². The number of nitrogens with zero attached hydrogens (tertiary/aromatic N) is 4. The van der Waals surface area contributed by atoms with Crippen LogP contribution >= 0.6 is 0 Å². The number of methoxy groups -OCH3 is 1. The van der Waals surface area contributed by atoms with Gasteiger partial charge in [-0.1, -0.05) is 20.8 Å². The highest BCUT2D eigenvalue weighted by atomic mass is 16.6. The molecule has 3 heterocycles. The van der Waals surface area contributed by atoms with Crippen LogP contribution in [0.1, 0.15) is 69.3 Å². The monoisotopic (exact) mass is 488 g/mol. The van der Waals surface area contributed by atoms with Gasteiger partial charge >= 0.3 is 12.1 Å². The zero-order valence-corrected chi connectivity index (χ0v) is 21.5. The summed E-state index contributed by atoms with van der Waals surface area (Å²) in [6, 6.07) is 2.35. The van der Waals surface area contributed by atoms with Crippen molar-refractivity contribution in [2.75, 3.05) is 44.9 Å². The average Bonchev–Trinajstić information content (AvgIpc) is 2.81. The van der Waals surface area contributed by atoms with Gasteiger partial charge in [-0.05, 0) is 31.7 Å². The minimum absolute atomic E-state index is 0.0255. The van der Waals surface area contributed by atoms with Crippen molar-refractivity contribution in [1.82, 2.24) is 9.88 Å². The second-order valence-corrected chi connectivity index (χ2v) is 10.0. The average molecular weight is 489 g/mol. The Hall–Kier alpha value is -2.90. The highest BCUT2D eigenvalue weighted by molar-refractivity contribution is 5.87. The van der Waals surface area contributed by atoms with Crippen LogP contribution in [0.3, 0.4) is 0 Å². The van der Waals surface area contributed by atoms with Crippen molar-refractivity contribution < 1.29 is 28.9 Å². The number of aromatic nitrogens is 1. The Balaban J connectivity index is 2.11. The minimum Gasteiger partial charge on any atom is -0.465 e. The predicted octanol–water partition coefficient (Wildman–Crippen LogP) is 3.07. The summed E-state index contributed by atoms with van der Waals surface area (Å²) in [6.45, 7) is 10.9. The van der Waals surface area contributed by atoms with Crippen molar-refractivity contribution in [3.05, 3.63) is 22.4 Å². The van der Waals surface area contributed by atoms with Gasteiger partial charge in [-0.25, -0.2) is 14.6 Å². The number of carbonyl (C=O) groups is 2. The number of nitriles is 1. The first-order valence-corrected chi connectivity index (χ1v) is 12.0. The van der Waals surface area contributed by atoms with Gasteiger partial charge in [0.2, 0.25) is 0 Å². The zero-order chi connectivity index (χ0) is 26.0. The fourth-order valence-corrected chi connectivity index (χ4v) is 4.95. The van der Waals surface area contributed by atoms with E-state index in [9.17, 15) is 20.0 Å². The molecule has 3 rings (SSSR count). The lowest BCUT2D eigenvalue weighted by molar-refractivity contribution is -0.159. The molecule has 192 valence electrons. The van der Waals surface area contributed by atoms with Crippen molar-refractivity contribution in [2.24, 2.45) is 0 Å². The Morgan fingerprint density at radius 1 is 1.26 bits per heavy atom. The van der Waals surface area contributed by atoms with E-state index in [1.165, 1.54) is 7.11 Å². The third-order valence-electron chi connectivity index (χ3n) is 6.87. The van der Waals surface area contributed by atoms with E-state index in [2.05, 4.69) is 6.07 Å². The quantitative estimate of drug-likeness (QED) is 0.455. The Kier molecular flexibility index (Phi) is 7.92. The van der Waals surface area contributed by atoms with Crippen molar-refractivity contribution in [3.63, 3.8) is 0 Å². The number of pyridine rings is 1. The van der Waals surface area contributed by atoms with Gasteiger partial charge in [0.1, 0.15) is 18.5 Å². The maximum absolute atomic E-state index is 13.3. The summed E-state index contributed by atoms with van der Waals surface area (Å²) < 4.78 is 16.4. The van der Waals surface area contributed by atoms with Crippen LogP contribution < -0.4 is 4.90 Å². The Bertz CT molecular complexity index is 1020. The van der Waals surface area contributed by atoms with Crippen LogP contribution in [0.2, 0.25) is 0 Å². The summed E-state index contributed by atoms with van der Waals surface area (Å²) >= 11 is 0. The van der Waals surface area contributed by atoms with Gasteiger partial charge in [0.15, 0.2) is 5.54 Å². The lowest BCUT2D eigenvalue weighted by atomic mass is 9.85. The van der Waals surface area contributed by atoms with Gasteiger partial charge in [-0.2, -0.15) is 5.26 Å². The predicted molar refractivity (Wildman–Crippen MR) is 128 cm³/mol. The molecule has 0 saturated carbocycles. The molecule has 1 N–H and O–H groups in total. The van der Waals surface area contributed by atoms with Gasteiger partial charge in [0.05, 0.1) is 36.6 Å². The molecule has 1 aromatic heterocycles. The highest BCUT2D eigenvalue weighted by Crippen LogP contribution is 2.39. The van der Waals surface area contributed by atoms with Gasteiger partial charge in [0.25, 0.3) is 0 Å². The second kappa shape index (κ2) is 10.4. The number of piperazine rings is 1. The molecule has 0 aromatic carbocycles. The van der Waals surface area contributed by atoms with E-state index in [4.69, 9.17) is 19.2 Å². The molecule has 1 aromatic rings. The van der Waals surface area contributed by atoms with E-state index >= 15 is 0 Å². The number of carbonyl (C=O) groups excluding carboxylic acids is 1. The molecule has 0 aliphatic carbocycles. The molecule has 10 heteroatoms. The van der Waals surface area contributed by atoms with Crippen LogP contribution in [0.15, 0.2) is 0 Å². The maximum Gasteiger partial charge on any atom is 0.408 e. The number of amides is 1. The highest BCUT2D eigenvalue weighted by Gasteiger charge is 2.51. The molecule has 0 bridgehead atoms. The summed E-state index contributed by atoms with van der Waals surface area (Å²) in [5.74, 6) is -0.0465. The van der Waals surface area contributed by atoms with E-state index < -0.39 is 23.2 Å². The first-order chi connectivity index (χ1) is 16.5. The van der Waals surface area contributed by atoms with Gasteiger partial charge in [0, 0.05) is 32.2 Å².